The Morgan fingerprint density at radius 1 is 1.14 bits per heavy atom. The first-order valence-electron chi connectivity index (χ1n) is 11.0. The number of carbonyl (C=O) groups is 3. The average molecular weight is 506 g/mol. The molecule has 9 nitrogen and oxygen atoms in total. The minimum atomic E-state index is -0.646. The maximum absolute atomic E-state index is 14.8. The number of fused-ring (bicyclic) bond motifs is 1. The first kappa shape index (κ1) is 23.4. The van der Waals surface area contributed by atoms with E-state index >= 15 is 0 Å². The van der Waals surface area contributed by atoms with Gasteiger partial charge in [0.1, 0.15) is 5.75 Å². The van der Waals surface area contributed by atoms with Gasteiger partial charge in [-0.25, -0.2) is 9.18 Å². The van der Waals surface area contributed by atoms with E-state index in [4.69, 9.17) is 4.74 Å². The van der Waals surface area contributed by atoms with Crippen LogP contribution in [0.15, 0.2) is 54.9 Å². The fraction of sp³-hybridized carbons (Fsp3) is 0.160. The highest BCUT2D eigenvalue weighted by molar-refractivity contribution is 7.22. The zero-order valence-electron chi connectivity index (χ0n) is 19.0. The maximum Gasteiger partial charge on any atom is 0.319 e. The molecule has 0 radical (unpaired) electrons. The molecule has 4 aromatic rings. The Morgan fingerprint density at radius 2 is 1.97 bits per heavy atom. The maximum atomic E-state index is 14.8. The average Bonchev–Trinajstić information content (AvgIpc) is 3.28. The van der Waals surface area contributed by atoms with Gasteiger partial charge >= 0.3 is 6.03 Å². The smallest absolute Gasteiger partial charge is 0.319 e. The van der Waals surface area contributed by atoms with Gasteiger partial charge in [-0.15, -0.1) is 11.3 Å². The first-order chi connectivity index (χ1) is 17.4. The van der Waals surface area contributed by atoms with Crippen molar-refractivity contribution in [1.29, 1.82) is 0 Å². The minimum absolute atomic E-state index is 0.00652. The highest BCUT2D eigenvalue weighted by Crippen LogP contribution is 2.39. The van der Waals surface area contributed by atoms with Crippen molar-refractivity contribution in [3.05, 3.63) is 66.2 Å². The number of carbonyl (C=O) groups excluding carboxylic acids is 3. The van der Waals surface area contributed by atoms with Gasteiger partial charge in [0.05, 0.1) is 26.8 Å². The van der Waals surface area contributed by atoms with Gasteiger partial charge in [-0.05, 0) is 30.3 Å². The number of amides is 3. The van der Waals surface area contributed by atoms with Crippen LogP contribution in [0.2, 0.25) is 0 Å². The molecule has 11 heteroatoms. The van der Waals surface area contributed by atoms with Crippen molar-refractivity contribution in [3.63, 3.8) is 0 Å². The Kier molecular flexibility index (Phi) is 6.30. The summed E-state index contributed by atoms with van der Waals surface area (Å²) >= 11 is 1.39. The normalized spacial score (nSPS) is 13.2. The van der Waals surface area contributed by atoms with Crippen molar-refractivity contribution in [2.75, 3.05) is 18.4 Å². The Labute approximate surface area is 208 Å². The van der Waals surface area contributed by atoms with Crippen LogP contribution in [-0.4, -0.2) is 52.2 Å². The number of nitrogens with one attached hydrogen (secondary N) is 2. The molecule has 36 heavy (non-hydrogen) atoms. The summed E-state index contributed by atoms with van der Waals surface area (Å²) in [6.45, 7) is 2.38. The van der Waals surface area contributed by atoms with Crippen LogP contribution in [0.1, 0.15) is 17.3 Å². The highest BCUT2D eigenvalue weighted by atomic mass is 32.1. The molecule has 3 aromatic heterocycles. The third-order valence-corrected chi connectivity index (χ3v) is 6.78. The van der Waals surface area contributed by atoms with Gasteiger partial charge in [-0.3, -0.25) is 19.6 Å². The highest BCUT2D eigenvalue weighted by Gasteiger charge is 2.29. The van der Waals surface area contributed by atoms with E-state index in [0.29, 0.717) is 35.6 Å². The van der Waals surface area contributed by atoms with Crippen LogP contribution >= 0.6 is 11.3 Å². The Hall–Kier alpha value is -4.38. The molecule has 5 rings (SSSR count). The summed E-state index contributed by atoms with van der Waals surface area (Å²) in [6, 6.07) is 10.5. The van der Waals surface area contributed by atoms with Crippen LogP contribution in [0.3, 0.4) is 0 Å². The zero-order valence-corrected chi connectivity index (χ0v) is 19.8. The molecule has 0 saturated carbocycles. The first-order valence-corrected chi connectivity index (χ1v) is 11.8. The van der Waals surface area contributed by atoms with Crippen molar-refractivity contribution in [2.24, 2.45) is 0 Å². The molecular weight excluding hydrogens is 485 g/mol. The largest absolute Gasteiger partial charge is 0.453 e. The summed E-state index contributed by atoms with van der Waals surface area (Å²) < 4.78 is 21.4. The van der Waals surface area contributed by atoms with E-state index in [1.165, 1.54) is 42.7 Å². The van der Waals surface area contributed by atoms with E-state index in [9.17, 15) is 18.8 Å². The molecular formula is C25H20FN5O4S. The number of nitrogens with zero attached hydrogens (tertiary/aromatic N) is 3. The molecule has 1 aromatic carbocycles. The van der Waals surface area contributed by atoms with Crippen LogP contribution in [0.5, 0.6) is 11.5 Å². The summed E-state index contributed by atoms with van der Waals surface area (Å²) in [7, 11) is 0. The van der Waals surface area contributed by atoms with Crippen LogP contribution in [-0.2, 0) is 4.79 Å². The molecule has 0 atom stereocenters. The van der Waals surface area contributed by atoms with E-state index in [0.717, 1.165) is 15.9 Å². The third-order valence-electron chi connectivity index (χ3n) is 5.62. The molecule has 0 aliphatic carbocycles. The quantitative estimate of drug-likeness (QED) is 0.374. The van der Waals surface area contributed by atoms with Crippen molar-refractivity contribution < 1.29 is 23.5 Å². The van der Waals surface area contributed by atoms with Crippen LogP contribution < -0.4 is 15.4 Å². The van der Waals surface area contributed by atoms with Gasteiger partial charge in [0, 0.05) is 55.8 Å². The fourth-order valence-electron chi connectivity index (χ4n) is 3.70. The number of aldehydes is 1. The van der Waals surface area contributed by atoms with E-state index in [1.54, 1.807) is 29.3 Å². The second kappa shape index (κ2) is 9.70. The van der Waals surface area contributed by atoms with Crippen molar-refractivity contribution in [3.8, 4) is 22.1 Å². The fourth-order valence-corrected chi connectivity index (χ4v) is 4.74. The van der Waals surface area contributed by atoms with Gasteiger partial charge in [-0.2, -0.15) is 0 Å². The topological polar surface area (TPSA) is 114 Å². The van der Waals surface area contributed by atoms with Gasteiger partial charge in [0.15, 0.2) is 17.9 Å². The van der Waals surface area contributed by atoms with Gasteiger partial charge in [0.2, 0.25) is 5.91 Å². The van der Waals surface area contributed by atoms with Crippen molar-refractivity contribution in [2.45, 2.75) is 13.0 Å². The van der Waals surface area contributed by atoms with E-state index in [1.807, 2.05) is 6.07 Å². The lowest BCUT2D eigenvalue weighted by atomic mass is 10.1. The van der Waals surface area contributed by atoms with Crippen molar-refractivity contribution >= 4 is 45.5 Å². The predicted molar refractivity (Wildman–Crippen MR) is 133 cm³/mol. The Morgan fingerprint density at radius 3 is 2.67 bits per heavy atom. The zero-order chi connectivity index (χ0) is 25.2. The Bertz CT molecular complexity index is 1470. The summed E-state index contributed by atoms with van der Waals surface area (Å²) in [6.07, 6.45) is 3.80. The summed E-state index contributed by atoms with van der Waals surface area (Å²) in [5.41, 5.74) is 2.10. The Balaban J connectivity index is 1.28. The molecule has 4 heterocycles. The number of thiophene rings is 1. The number of hydrogen-bond donors (Lipinski definition) is 2. The number of rotatable bonds is 6. The number of ether oxygens (including phenoxy) is 1. The lowest BCUT2D eigenvalue weighted by Crippen LogP contribution is -2.61. The van der Waals surface area contributed by atoms with E-state index in [-0.39, 0.29) is 23.4 Å². The standard InChI is InChI=1S/C25H20FN5O4S/c1-14(33)31-11-17(12-31)30-25(34)29-16-3-5-21(18(26)8-16)35-22-6-7-27-20-9-23(36-24(20)22)19-4-2-15(13-32)10-28-19/h2-10,13,17H,11-12H2,1H3,(H2,29,30,34). The van der Waals surface area contributed by atoms with Gasteiger partial charge < -0.3 is 20.3 Å². The second-order valence-corrected chi connectivity index (χ2v) is 9.25. The third kappa shape index (κ3) is 4.86. The van der Waals surface area contributed by atoms with E-state index < -0.39 is 11.8 Å². The number of aromatic nitrogens is 2. The predicted octanol–water partition coefficient (Wildman–Crippen LogP) is 4.45. The molecule has 1 aliphatic rings. The summed E-state index contributed by atoms with van der Waals surface area (Å²) in [5, 5.41) is 5.33. The number of likely N-dealkylation sites (tertiary alicyclic amines) is 1. The summed E-state index contributed by atoms with van der Waals surface area (Å²) in [4.78, 5) is 45.4. The molecule has 2 N–H and O–H groups in total. The second-order valence-electron chi connectivity index (χ2n) is 8.20. The number of benzene rings is 1. The number of pyridine rings is 2. The number of urea groups is 1. The van der Waals surface area contributed by atoms with Crippen LogP contribution in [0.4, 0.5) is 14.9 Å². The molecule has 1 fully saturated rings. The SMILES string of the molecule is CC(=O)N1CC(NC(=O)Nc2ccc(Oc3ccnc4cc(-c5ccc(C=O)cn5)sc34)c(F)c2)C1. The number of halogens is 1. The van der Waals surface area contributed by atoms with Crippen molar-refractivity contribution in [1.82, 2.24) is 20.2 Å². The van der Waals surface area contributed by atoms with Gasteiger partial charge in [-0.1, -0.05) is 0 Å². The molecule has 0 spiro atoms. The lowest BCUT2D eigenvalue weighted by Gasteiger charge is -2.38. The molecule has 0 unspecified atom stereocenters. The molecule has 1 aliphatic heterocycles. The molecule has 0 bridgehead atoms. The number of anilines is 1. The lowest BCUT2D eigenvalue weighted by molar-refractivity contribution is -0.133. The van der Waals surface area contributed by atoms with Gasteiger partial charge in [0.25, 0.3) is 0 Å². The number of hydrogen-bond acceptors (Lipinski definition) is 7. The van der Waals surface area contributed by atoms with Crippen LogP contribution in [0, 0.1) is 5.82 Å². The molecule has 3 amide bonds. The van der Waals surface area contributed by atoms with Crippen LogP contribution in [0.25, 0.3) is 20.8 Å². The molecule has 1 saturated heterocycles. The molecule has 182 valence electrons. The van der Waals surface area contributed by atoms with E-state index in [2.05, 4.69) is 20.6 Å². The monoisotopic (exact) mass is 505 g/mol. The minimum Gasteiger partial charge on any atom is -0.453 e. The summed E-state index contributed by atoms with van der Waals surface area (Å²) in [5.74, 6) is -0.264.